The lowest BCUT2D eigenvalue weighted by Gasteiger charge is -2.29. The quantitative estimate of drug-likeness (QED) is 0.802. The Labute approximate surface area is 148 Å². The van der Waals surface area contributed by atoms with Crippen LogP contribution in [0.2, 0.25) is 0 Å². The van der Waals surface area contributed by atoms with Crippen molar-refractivity contribution < 1.29 is 9.90 Å². The summed E-state index contributed by atoms with van der Waals surface area (Å²) in [4.78, 5) is 14.6. The fourth-order valence-electron chi connectivity index (χ4n) is 3.64. The second-order valence-electron chi connectivity index (χ2n) is 6.87. The summed E-state index contributed by atoms with van der Waals surface area (Å²) in [7, 11) is 3.98. The van der Waals surface area contributed by atoms with E-state index in [2.05, 4.69) is 16.7 Å². The highest BCUT2D eigenvalue weighted by atomic mass is 16.3. The number of aliphatic hydroxyl groups excluding tert-OH is 1. The first kappa shape index (κ1) is 17.3. The maximum absolute atomic E-state index is 12.5. The standard InChI is InChI=1S/C20H25N3O2/c1-14-12-16(8-9-18(14)23(2)3)21-19(25)22-20(13-24)11-10-15-6-4-5-7-17(15)20/h4-9,12,24H,10-11,13H2,1-3H3,(H2,21,22,25). The summed E-state index contributed by atoms with van der Waals surface area (Å²) in [6.45, 7) is 1.90. The van der Waals surface area contributed by atoms with Gasteiger partial charge in [0, 0.05) is 25.5 Å². The third kappa shape index (κ3) is 3.33. The number of benzene rings is 2. The van der Waals surface area contributed by atoms with Crippen LogP contribution in [0.5, 0.6) is 0 Å². The average molecular weight is 339 g/mol. The van der Waals surface area contributed by atoms with Crippen LogP contribution >= 0.6 is 0 Å². The van der Waals surface area contributed by atoms with Crippen LogP contribution < -0.4 is 15.5 Å². The van der Waals surface area contributed by atoms with Gasteiger partial charge in [0.2, 0.25) is 0 Å². The van der Waals surface area contributed by atoms with Gasteiger partial charge in [-0.05, 0) is 54.7 Å². The highest BCUT2D eigenvalue weighted by Crippen LogP contribution is 2.36. The zero-order valence-corrected chi connectivity index (χ0v) is 15.0. The van der Waals surface area contributed by atoms with Gasteiger partial charge in [0.05, 0.1) is 12.1 Å². The molecule has 132 valence electrons. The van der Waals surface area contributed by atoms with Gasteiger partial charge in [0.25, 0.3) is 0 Å². The Balaban J connectivity index is 1.75. The lowest BCUT2D eigenvalue weighted by atomic mass is 9.93. The second kappa shape index (κ2) is 6.76. The van der Waals surface area contributed by atoms with Crippen LogP contribution in [0.4, 0.5) is 16.2 Å². The number of hydrogen-bond donors (Lipinski definition) is 3. The number of aliphatic hydroxyl groups is 1. The van der Waals surface area contributed by atoms with Crippen LogP contribution in [0.1, 0.15) is 23.1 Å². The number of urea groups is 1. The molecule has 0 aromatic heterocycles. The molecular formula is C20H25N3O2. The number of anilines is 2. The maximum Gasteiger partial charge on any atom is 0.320 e. The maximum atomic E-state index is 12.5. The summed E-state index contributed by atoms with van der Waals surface area (Å²) in [5.74, 6) is 0. The van der Waals surface area contributed by atoms with Crippen molar-refractivity contribution in [2.45, 2.75) is 25.3 Å². The predicted molar refractivity (Wildman–Crippen MR) is 101 cm³/mol. The molecule has 5 nitrogen and oxygen atoms in total. The van der Waals surface area contributed by atoms with Gasteiger partial charge in [-0.25, -0.2) is 4.79 Å². The van der Waals surface area contributed by atoms with E-state index < -0.39 is 5.54 Å². The van der Waals surface area contributed by atoms with E-state index in [1.165, 1.54) is 5.56 Å². The highest BCUT2D eigenvalue weighted by molar-refractivity contribution is 5.90. The first-order chi connectivity index (χ1) is 11.9. The van der Waals surface area contributed by atoms with Gasteiger partial charge >= 0.3 is 6.03 Å². The first-order valence-corrected chi connectivity index (χ1v) is 8.51. The van der Waals surface area contributed by atoms with Crippen LogP contribution in [0.25, 0.3) is 0 Å². The Morgan fingerprint density at radius 2 is 2.00 bits per heavy atom. The van der Waals surface area contributed by atoms with Crippen LogP contribution in [-0.4, -0.2) is 31.8 Å². The Morgan fingerprint density at radius 1 is 1.24 bits per heavy atom. The number of nitrogens with one attached hydrogen (secondary N) is 2. The van der Waals surface area contributed by atoms with Crippen molar-refractivity contribution >= 4 is 17.4 Å². The Kier molecular flexibility index (Phi) is 4.68. The molecule has 2 amide bonds. The molecule has 0 saturated heterocycles. The molecule has 2 aromatic carbocycles. The number of fused-ring (bicyclic) bond motifs is 1. The highest BCUT2D eigenvalue weighted by Gasteiger charge is 2.39. The monoisotopic (exact) mass is 339 g/mol. The van der Waals surface area contributed by atoms with E-state index in [0.717, 1.165) is 28.9 Å². The van der Waals surface area contributed by atoms with Crippen molar-refractivity contribution in [1.82, 2.24) is 5.32 Å². The van der Waals surface area contributed by atoms with Crippen molar-refractivity contribution in [1.29, 1.82) is 0 Å². The summed E-state index contributed by atoms with van der Waals surface area (Å²) in [5.41, 5.74) is 4.42. The third-order valence-electron chi connectivity index (χ3n) is 4.91. The summed E-state index contributed by atoms with van der Waals surface area (Å²) >= 11 is 0. The minimum atomic E-state index is -0.709. The number of rotatable bonds is 4. The molecule has 0 saturated carbocycles. The molecule has 0 spiro atoms. The largest absolute Gasteiger partial charge is 0.394 e. The molecule has 0 radical (unpaired) electrons. The van der Waals surface area contributed by atoms with Crippen molar-refractivity contribution in [3.05, 3.63) is 59.2 Å². The van der Waals surface area contributed by atoms with E-state index in [0.29, 0.717) is 6.42 Å². The fraction of sp³-hybridized carbons (Fsp3) is 0.350. The molecule has 1 aliphatic rings. The second-order valence-corrected chi connectivity index (χ2v) is 6.87. The van der Waals surface area contributed by atoms with E-state index in [9.17, 15) is 9.90 Å². The summed E-state index contributed by atoms with van der Waals surface area (Å²) in [6, 6.07) is 13.5. The normalized spacial score (nSPS) is 18.6. The zero-order valence-electron chi connectivity index (χ0n) is 15.0. The summed E-state index contributed by atoms with van der Waals surface area (Å²) < 4.78 is 0. The summed E-state index contributed by atoms with van der Waals surface area (Å²) in [5, 5.41) is 15.9. The van der Waals surface area contributed by atoms with E-state index in [-0.39, 0.29) is 12.6 Å². The lowest BCUT2D eigenvalue weighted by molar-refractivity contribution is 0.164. The van der Waals surface area contributed by atoms with E-state index in [4.69, 9.17) is 0 Å². The van der Waals surface area contributed by atoms with Crippen LogP contribution in [0, 0.1) is 6.92 Å². The van der Waals surface area contributed by atoms with Gasteiger partial charge in [-0.15, -0.1) is 0 Å². The van der Waals surface area contributed by atoms with Gasteiger partial charge in [-0.1, -0.05) is 24.3 Å². The van der Waals surface area contributed by atoms with Gasteiger partial charge in [0.1, 0.15) is 0 Å². The molecule has 1 atom stereocenters. The Morgan fingerprint density at radius 3 is 2.68 bits per heavy atom. The van der Waals surface area contributed by atoms with E-state index >= 15 is 0 Å². The molecule has 0 fully saturated rings. The molecule has 0 aliphatic heterocycles. The SMILES string of the molecule is Cc1cc(NC(=O)NC2(CO)CCc3ccccc32)ccc1N(C)C. The van der Waals surface area contributed by atoms with Crippen LogP contribution in [0.3, 0.4) is 0 Å². The number of carbonyl (C=O) groups excluding carboxylic acids is 1. The molecule has 1 aliphatic carbocycles. The predicted octanol–water partition coefficient (Wildman–Crippen LogP) is 3.02. The smallest absolute Gasteiger partial charge is 0.320 e. The van der Waals surface area contributed by atoms with Crippen molar-refractivity contribution in [3.63, 3.8) is 0 Å². The molecule has 3 rings (SSSR count). The minimum absolute atomic E-state index is 0.115. The molecule has 5 heteroatoms. The van der Waals surface area contributed by atoms with Crippen LogP contribution in [0.15, 0.2) is 42.5 Å². The van der Waals surface area contributed by atoms with Gasteiger partial charge in [-0.3, -0.25) is 0 Å². The first-order valence-electron chi connectivity index (χ1n) is 8.51. The van der Waals surface area contributed by atoms with Crippen molar-refractivity contribution in [3.8, 4) is 0 Å². The number of aryl methyl sites for hydroxylation is 2. The fourth-order valence-corrected chi connectivity index (χ4v) is 3.64. The number of amides is 2. The molecule has 3 N–H and O–H groups in total. The third-order valence-corrected chi connectivity index (χ3v) is 4.91. The topological polar surface area (TPSA) is 64.6 Å². The molecule has 1 unspecified atom stereocenters. The zero-order chi connectivity index (χ0) is 18.0. The molecule has 2 aromatic rings. The van der Waals surface area contributed by atoms with Gasteiger partial charge in [-0.2, -0.15) is 0 Å². The average Bonchev–Trinajstić information content (AvgIpc) is 2.94. The molecule has 25 heavy (non-hydrogen) atoms. The number of carbonyl (C=O) groups is 1. The van der Waals surface area contributed by atoms with Crippen LogP contribution in [-0.2, 0) is 12.0 Å². The number of hydrogen-bond acceptors (Lipinski definition) is 3. The molecule has 0 heterocycles. The van der Waals surface area contributed by atoms with Crippen molar-refractivity contribution in [2.75, 3.05) is 30.9 Å². The Hall–Kier alpha value is -2.53. The van der Waals surface area contributed by atoms with Gasteiger partial charge < -0.3 is 20.6 Å². The lowest BCUT2D eigenvalue weighted by Crippen LogP contribution is -2.48. The van der Waals surface area contributed by atoms with Gasteiger partial charge in [0.15, 0.2) is 0 Å². The molecular weight excluding hydrogens is 314 g/mol. The summed E-state index contributed by atoms with van der Waals surface area (Å²) in [6.07, 6.45) is 1.56. The number of nitrogens with zero attached hydrogens (tertiary/aromatic N) is 1. The van der Waals surface area contributed by atoms with E-state index in [1.807, 2.05) is 62.3 Å². The van der Waals surface area contributed by atoms with E-state index in [1.54, 1.807) is 0 Å². The van der Waals surface area contributed by atoms with Crippen molar-refractivity contribution in [2.24, 2.45) is 0 Å². The Bertz CT molecular complexity index is 788. The molecule has 0 bridgehead atoms. The minimum Gasteiger partial charge on any atom is -0.394 e.